The fraction of sp³-hybridized carbons (Fsp3) is 0.154. The first-order chi connectivity index (χ1) is 9.33. The molecule has 0 radical (unpaired) electrons. The van der Waals surface area contributed by atoms with Gasteiger partial charge in [0, 0.05) is 6.07 Å². The summed E-state index contributed by atoms with van der Waals surface area (Å²) in [7, 11) is 0. The average molecular weight is 256 g/mol. The van der Waals surface area contributed by atoms with Gasteiger partial charge in [0.25, 0.3) is 0 Å². The number of aryl methyl sites for hydroxylation is 1. The first-order valence-electron chi connectivity index (χ1n) is 5.82. The number of hydrogen-bond donors (Lipinski definition) is 1. The predicted molar refractivity (Wildman–Crippen MR) is 67.4 cm³/mol. The van der Waals surface area contributed by atoms with Gasteiger partial charge in [0.1, 0.15) is 30.1 Å². The predicted octanol–water partition coefficient (Wildman–Crippen LogP) is 2.35. The molecule has 0 unspecified atom stereocenters. The van der Waals surface area contributed by atoms with Crippen molar-refractivity contribution >= 4 is 0 Å². The second-order valence-electron chi connectivity index (χ2n) is 4.05. The monoisotopic (exact) mass is 256 g/mol. The summed E-state index contributed by atoms with van der Waals surface area (Å²) >= 11 is 0. The van der Waals surface area contributed by atoms with E-state index in [1.807, 2.05) is 37.3 Å². The maximum atomic E-state index is 5.75. The lowest BCUT2D eigenvalue weighted by molar-refractivity contribution is 0.289. The molecule has 2 aromatic heterocycles. The van der Waals surface area contributed by atoms with Gasteiger partial charge in [-0.1, -0.05) is 17.3 Å². The highest BCUT2D eigenvalue weighted by Gasteiger charge is 2.09. The first-order valence-corrected chi connectivity index (χ1v) is 5.82. The highest BCUT2D eigenvalue weighted by Crippen LogP contribution is 2.27. The minimum Gasteiger partial charge on any atom is -0.486 e. The lowest BCUT2D eigenvalue weighted by atomic mass is 10.2. The van der Waals surface area contributed by atoms with Gasteiger partial charge >= 0.3 is 0 Å². The number of aromatic nitrogens is 4. The minimum absolute atomic E-state index is 0.350. The van der Waals surface area contributed by atoms with Crippen LogP contribution < -0.4 is 4.74 Å². The van der Waals surface area contributed by atoms with Crippen LogP contribution in [-0.4, -0.2) is 20.3 Å². The van der Waals surface area contributed by atoms with E-state index in [1.165, 1.54) is 6.33 Å². The van der Waals surface area contributed by atoms with Crippen LogP contribution in [0.1, 0.15) is 11.5 Å². The summed E-state index contributed by atoms with van der Waals surface area (Å²) in [4.78, 5) is 4.13. The zero-order chi connectivity index (χ0) is 13.1. The third-order valence-electron chi connectivity index (χ3n) is 2.61. The third-order valence-corrected chi connectivity index (χ3v) is 2.61. The second-order valence-corrected chi connectivity index (χ2v) is 4.05. The Morgan fingerprint density at radius 1 is 1.32 bits per heavy atom. The van der Waals surface area contributed by atoms with Crippen LogP contribution in [0.5, 0.6) is 5.75 Å². The van der Waals surface area contributed by atoms with Crippen LogP contribution in [0.3, 0.4) is 0 Å². The van der Waals surface area contributed by atoms with Crippen LogP contribution >= 0.6 is 0 Å². The van der Waals surface area contributed by atoms with Gasteiger partial charge in [-0.3, -0.25) is 5.10 Å². The summed E-state index contributed by atoms with van der Waals surface area (Å²) < 4.78 is 10.7. The van der Waals surface area contributed by atoms with E-state index < -0.39 is 0 Å². The number of nitrogens with one attached hydrogen (secondary N) is 1. The number of H-pyrrole nitrogens is 1. The summed E-state index contributed by atoms with van der Waals surface area (Å²) in [6.07, 6.45) is 1.47. The van der Waals surface area contributed by atoms with Gasteiger partial charge in [-0.15, -0.1) is 0 Å². The normalized spacial score (nSPS) is 10.6. The molecule has 6 heteroatoms. The molecule has 0 spiro atoms. The fourth-order valence-electron chi connectivity index (χ4n) is 1.76. The van der Waals surface area contributed by atoms with Crippen molar-refractivity contribution in [1.82, 2.24) is 20.3 Å². The molecule has 0 saturated heterocycles. The zero-order valence-electron chi connectivity index (χ0n) is 10.3. The Morgan fingerprint density at radius 2 is 2.21 bits per heavy atom. The van der Waals surface area contributed by atoms with Gasteiger partial charge in [0.15, 0.2) is 5.82 Å². The van der Waals surface area contributed by atoms with Crippen molar-refractivity contribution in [2.75, 3.05) is 0 Å². The van der Waals surface area contributed by atoms with Gasteiger partial charge in [-0.25, -0.2) is 4.98 Å². The Hall–Kier alpha value is -2.63. The topological polar surface area (TPSA) is 76.8 Å². The van der Waals surface area contributed by atoms with Crippen molar-refractivity contribution in [3.05, 3.63) is 48.1 Å². The number of ether oxygens (including phenoxy) is 1. The Labute approximate surface area is 109 Å². The van der Waals surface area contributed by atoms with Crippen molar-refractivity contribution in [3.63, 3.8) is 0 Å². The first kappa shape index (κ1) is 11.5. The summed E-state index contributed by atoms with van der Waals surface area (Å²) in [5.74, 6) is 2.16. The second kappa shape index (κ2) is 4.93. The van der Waals surface area contributed by atoms with E-state index in [4.69, 9.17) is 9.26 Å². The summed E-state index contributed by atoms with van der Waals surface area (Å²) in [5, 5.41) is 10.6. The SMILES string of the molecule is Cc1cc(COc2ccccc2-c2ncn[nH]2)no1. The lowest BCUT2D eigenvalue weighted by Gasteiger charge is -2.07. The molecule has 96 valence electrons. The van der Waals surface area contributed by atoms with Crippen molar-refractivity contribution in [2.45, 2.75) is 13.5 Å². The average Bonchev–Trinajstić information content (AvgIpc) is 3.08. The summed E-state index contributed by atoms with van der Waals surface area (Å²) in [6.45, 7) is 2.20. The van der Waals surface area contributed by atoms with Crippen molar-refractivity contribution in [2.24, 2.45) is 0 Å². The van der Waals surface area contributed by atoms with E-state index in [1.54, 1.807) is 0 Å². The van der Waals surface area contributed by atoms with Gasteiger partial charge in [-0.2, -0.15) is 5.10 Å². The molecule has 0 saturated carbocycles. The maximum Gasteiger partial charge on any atom is 0.159 e. The molecule has 0 aliphatic heterocycles. The van der Waals surface area contributed by atoms with E-state index in [0.717, 1.165) is 22.8 Å². The number of aromatic amines is 1. The molecule has 1 N–H and O–H groups in total. The highest BCUT2D eigenvalue weighted by atomic mass is 16.5. The largest absolute Gasteiger partial charge is 0.486 e. The number of nitrogens with zero attached hydrogens (tertiary/aromatic N) is 3. The molecule has 3 aromatic rings. The van der Waals surface area contributed by atoms with E-state index in [-0.39, 0.29) is 0 Å². The maximum absolute atomic E-state index is 5.75. The van der Waals surface area contributed by atoms with E-state index in [2.05, 4.69) is 20.3 Å². The third kappa shape index (κ3) is 2.47. The molecule has 0 aliphatic carbocycles. The number of benzene rings is 1. The van der Waals surface area contributed by atoms with Gasteiger partial charge in [0.05, 0.1) is 5.56 Å². The number of rotatable bonds is 4. The van der Waals surface area contributed by atoms with Crippen LogP contribution in [0, 0.1) is 6.92 Å². The molecular weight excluding hydrogens is 244 g/mol. The fourth-order valence-corrected chi connectivity index (χ4v) is 1.76. The molecule has 1 aromatic carbocycles. The van der Waals surface area contributed by atoms with Crippen molar-refractivity contribution < 1.29 is 9.26 Å². The smallest absolute Gasteiger partial charge is 0.159 e. The Bertz CT molecular complexity index is 661. The number of hydrogen-bond acceptors (Lipinski definition) is 5. The molecule has 0 amide bonds. The lowest BCUT2D eigenvalue weighted by Crippen LogP contribution is -1.97. The van der Waals surface area contributed by atoms with Crippen LogP contribution in [0.2, 0.25) is 0 Å². The standard InChI is InChI=1S/C13H12N4O2/c1-9-6-10(17-19-9)7-18-12-5-3-2-4-11(12)13-14-8-15-16-13/h2-6,8H,7H2,1H3,(H,14,15,16). The minimum atomic E-state index is 0.350. The number of para-hydroxylation sites is 1. The molecule has 3 rings (SSSR count). The van der Waals surface area contributed by atoms with E-state index in [0.29, 0.717) is 12.4 Å². The van der Waals surface area contributed by atoms with Crippen LogP contribution in [0.25, 0.3) is 11.4 Å². The van der Waals surface area contributed by atoms with Crippen molar-refractivity contribution in [1.29, 1.82) is 0 Å². The summed E-state index contributed by atoms with van der Waals surface area (Å²) in [5.41, 5.74) is 1.62. The van der Waals surface area contributed by atoms with Crippen LogP contribution in [0.15, 0.2) is 41.2 Å². The highest BCUT2D eigenvalue weighted by molar-refractivity contribution is 5.63. The zero-order valence-corrected chi connectivity index (χ0v) is 10.3. The molecule has 19 heavy (non-hydrogen) atoms. The van der Waals surface area contributed by atoms with Crippen LogP contribution in [0.4, 0.5) is 0 Å². The van der Waals surface area contributed by atoms with E-state index in [9.17, 15) is 0 Å². The molecule has 0 atom stereocenters. The van der Waals surface area contributed by atoms with Crippen LogP contribution in [-0.2, 0) is 6.61 Å². The molecular formula is C13H12N4O2. The van der Waals surface area contributed by atoms with Gasteiger partial charge in [-0.05, 0) is 19.1 Å². The van der Waals surface area contributed by atoms with E-state index >= 15 is 0 Å². The van der Waals surface area contributed by atoms with Crippen molar-refractivity contribution in [3.8, 4) is 17.1 Å². The molecule has 0 aliphatic rings. The van der Waals surface area contributed by atoms with Gasteiger partial charge in [0.2, 0.25) is 0 Å². The Kier molecular flexibility index (Phi) is 2.97. The molecule has 0 fully saturated rings. The quantitative estimate of drug-likeness (QED) is 0.775. The molecule has 2 heterocycles. The molecule has 0 bridgehead atoms. The Morgan fingerprint density at radius 3 is 2.95 bits per heavy atom. The Balaban J connectivity index is 1.81. The van der Waals surface area contributed by atoms with Gasteiger partial charge < -0.3 is 9.26 Å². The summed E-state index contributed by atoms with van der Waals surface area (Å²) in [6, 6.07) is 9.47. The molecule has 6 nitrogen and oxygen atoms in total.